The molecule has 0 aliphatic carbocycles. The van der Waals surface area contributed by atoms with Gasteiger partial charge < -0.3 is 9.84 Å². The Morgan fingerprint density at radius 3 is 3.00 bits per heavy atom. The summed E-state index contributed by atoms with van der Waals surface area (Å²) in [6.45, 7) is 2.54. The molecule has 4 heteroatoms. The summed E-state index contributed by atoms with van der Waals surface area (Å²) in [6, 6.07) is 4.60. The monoisotopic (exact) mass is 272 g/mol. The van der Waals surface area contributed by atoms with Crippen LogP contribution in [0.2, 0.25) is 5.02 Å². The normalized spacial score (nSPS) is 28.3. The second-order valence-corrected chi connectivity index (χ2v) is 5.36. The first-order chi connectivity index (χ1) is 8.54. The van der Waals surface area contributed by atoms with Gasteiger partial charge in [0.2, 0.25) is 0 Å². The Kier molecular flexibility index (Phi) is 4.25. The summed E-state index contributed by atoms with van der Waals surface area (Å²) in [5, 5.41) is 10.9. The molecule has 1 fully saturated rings. The number of hydrogen-bond donors (Lipinski definition) is 1. The van der Waals surface area contributed by atoms with Crippen LogP contribution in [0.15, 0.2) is 18.2 Å². The first-order valence-corrected chi connectivity index (χ1v) is 6.69. The van der Waals surface area contributed by atoms with Crippen LogP contribution in [0.3, 0.4) is 0 Å². The smallest absolute Gasteiger partial charge is 0.127 e. The zero-order chi connectivity index (χ0) is 13.2. The Morgan fingerprint density at radius 1 is 1.56 bits per heavy atom. The third-order valence-electron chi connectivity index (χ3n) is 3.55. The van der Waals surface area contributed by atoms with Crippen molar-refractivity contribution in [1.82, 2.24) is 0 Å². The third kappa shape index (κ3) is 3.02. The highest BCUT2D eigenvalue weighted by molar-refractivity contribution is 6.31. The predicted octanol–water partition coefficient (Wildman–Crippen LogP) is 3.34. The summed E-state index contributed by atoms with van der Waals surface area (Å²) in [4.78, 5) is 0. The minimum Gasteiger partial charge on any atom is -0.389 e. The molecule has 1 aromatic carbocycles. The lowest BCUT2D eigenvalue weighted by Crippen LogP contribution is -2.42. The van der Waals surface area contributed by atoms with Crippen molar-refractivity contribution in [2.24, 2.45) is 0 Å². The summed E-state index contributed by atoms with van der Waals surface area (Å²) in [5.74, 6) is -0.351. The van der Waals surface area contributed by atoms with Crippen LogP contribution < -0.4 is 0 Å². The predicted molar refractivity (Wildman–Crippen MR) is 69.3 cm³/mol. The van der Waals surface area contributed by atoms with Crippen molar-refractivity contribution in [3.63, 3.8) is 0 Å². The van der Waals surface area contributed by atoms with Crippen LogP contribution in [0.4, 0.5) is 4.39 Å². The number of ether oxygens (including phenoxy) is 1. The lowest BCUT2D eigenvalue weighted by atomic mass is 9.84. The molecule has 1 aliphatic heterocycles. The fraction of sp³-hybridized carbons (Fsp3) is 0.571. The SMILES string of the molecule is CCC1CC(O)(Cc2c(F)cccc2Cl)CCO1. The van der Waals surface area contributed by atoms with E-state index in [0.717, 1.165) is 6.42 Å². The number of rotatable bonds is 3. The fourth-order valence-electron chi connectivity index (χ4n) is 2.45. The average Bonchev–Trinajstić information content (AvgIpc) is 2.34. The molecule has 0 spiro atoms. The van der Waals surface area contributed by atoms with Crippen molar-refractivity contribution in [2.45, 2.75) is 44.3 Å². The lowest BCUT2D eigenvalue weighted by Gasteiger charge is -2.37. The van der Waals surface area contributed by atoms with Gasteiger partial charge in [0.05, 0.1) is 11.7 Å². The molecule has 0 radical (unpaired) electrons. The van der Waals surface area contributed by atoms with Crippen LogP contribution in [0.25, 0.3) is 0 Å². The molecule has 1 heterocycles. The van der Waals surface area contributed by atoms with Crippen molar-refractivity contribution in [1.29, 1.82) is 0 Å². The summed E-state index contributed by atoms with van der Waals surface area (Å²) in [6.07, 6.45) is 2.21. The van der Waals surface area contributed by atoms with Gasteiger partial charge >= 0.3 is 0 Å². The molecule has 0 saturated carbocycles. The Bertz CT molecular complexity index is 404. The molecule has 1 aliphatic rings. The van der Waals surface area contributed by atoms with E-state index in [2.05, 4.69) is 0 Å². The van der Waals surface area contributed by atoms with Crippen molar-refractivity contribution in [3.8, 4) is 0 Å². The molecule has 2 rings (SSSR count). The highest BCUT2D eigenvalue weighted by Crippen LogP contribution is 2.32. The Hall–Kier alpha value is -0.640. The minimum absolute atomic E-state index is 0.0503. The molecule has 1 aromatic rings. The van der Waals surface area contributed by atoms with Gasteiger partial charge in [-0.3, -0.25) is 0 Å². The van der Waals surface area contributed by atoms with E-state index in [1.165, 1.54) is 6.07 Å². The van der Waals surface area contributed by atoms with Crippen LogP contribution >= 0.6 is 11.6 Å². The van der Waals surface area contributed by atoms with E-state index in [1.807, 2.05) is 6.92 Å². The summed E-state index contributed by atoms with van der Waals surface area (Å²) >= 11 is 6.00. The molecule has 100 valence electrons. The van der Waals surface area contributed by atoms with Gasteiger partial charge in [0.25, 0.3) is 0 Å². The van der Waals surface area contributed by atoms with Crippen molar-refractivity contribution < 1.29 is 14.2 Å². The maximum atomic E-state index is 13.7. The number of halogens is 2. The molecule has 2 nitrogen and oxygen atoms in total. The van der Waals surface area contributed by atoms with Crippen LogP contribution in [0.5, 0.6) is 0 Å². The number of aliphatic hydroxyl groups is 1. The molecule has 1 N–H and O–H groups in total. The van der Waals surface area contributed by atoms with Gasteiger partial charge in [0, 0.05) is 30.0 Å². The van der Waals surface area contributed by atoms with Gasteiger partial charge in [0.15, 0.2) is 0 Å². The standard InChI is InChI=1S/C14H18ClFO2/c1-2-10-8-14(17,6-7-18-10)9-11-12(15)4-3-5-13(11)16/h3-5,10,17H,2,6-9H2,1H3. The van der Waals surface area contributed by atoms with Gasteiger partial charge in [0.1, 0.15) is 5.82 Å². The van der Waals surface area contributed by atoms with E-state index in [9.17, 15) is 9.50 Å². The topological polar surface area (TPSA) is 29.5 Å². The molecular weight excluding hydrogens is 255 g/mol. The van der Waals surface area contributed by atoms with Gasteiger partial charge in [-0.05, 0) is 25.0 Å². The van der Waals surface area contributed by atoms with Crippen LogP contribution in [-0.4, -0.2) is 23.4 Å². The molecule has 0 aromatic heterocycles. The van der Waals surface area contributed by atoms with Crippen LogP contribution in [0.1, 0.15) is 31.7 Å². The largest absolute Gasteiger partial charge is 0.389 e. The Balaban J connectivity index is 2.17. The van der Waals surface area contributed by atoms with E-state index >= 15 is 0 Å². The van der Waals surface area contributed by atoms with Crippen molar-refractivity contribution in [2.75, 3.05) is 6.61 Å². The first-order valence-electron chi connectivity index (χ1n) is 6.31. The quantitative estimate of drug-likeness (QED) is 0.914. The summed E-state index contributed by atoms with van der Waals surface area (Å²) in [5.41, 5.74) is -0.511. The van der Waals surface area contributed by atoms with Crippen LogP contribution in [-0.2, 0) is 11.2 Å². The van der Waals surface area contributed by atoms with E-state index < -0.39 is 5.60 Å². The van der Waals surface area contributed by atoms with Gasteiger partial charge in [-0.1, -0.05) is 24.6 Å². The average molecular weight is 273 g/mol. The van der Waals surface area contributed by atoms with Crippen molar-refractivity contribution >= 4 is 11.6 Å². The van der Waals surface area contributed by atoms with E-state index in [0.29, 0.717) is 30.0 Å². The fourth-order valence-corrected chi connectivity index (χ4v) is 2.68. The van der Waals surface area contributed by atoms with Crippen LogP contribution in [0, 0.1) is 5.82 Å². The van der Waals surface area contributed by atoms with E-state index in [4.69, 9.17) is 16.3 Å². The second kappa shape index (κ2) is 5.55. The molecule has 1 saturated heterocycles. The van der Waals surface area contributed by atoms with E-state index in [-0.39, 0.29) is 18.3 Å². The third-order valence-corrected chi connectivity index (χ3v) is 3.91. The van der Waals surface area contributed by atoms with Gasteiger partial charge in [-0.2, -0.15) is 0 Å². The Labute approximate surface area is 112 Å². The maximum Gasteiger partial charge on any atom is 0.127 e. The summed E-state index contributed by atoms with van der Waals surface area (Å²) in [7, 11) is 0. The highest BCUT2D eigenvalue weighted by Gasteiger charge is 2.35. The molecule has 2 unspecified atom stereocenters. The molecule has 0 bridgehead atoms. The minimum atomic E-state index is -0.912. The molecule has 2 atom stereocenters. The summed E-state index contributed by atoms with van der Waals surface area (Å²) < 4.78 is 19.3. The first kappa shape index (κ1) is 13.8. The van der Waals surface area contributed by atoms with Gasteiger partial charge in [-0.15, -0.1) is 0 Å². The van der Waals surface area contributed by atoms with Gasteiger partial charge in [-0.25, -0.2) is 4.39 Å². The molecule has 18 heavy (non-hydrogen) atoms. The molecule has 0 amide bonds. The second-order valence-electron chi connectivity index (χ2n) is 4.96. The Morgan fingerprint density at radius 2 is 2.33 bits per heavy atom. The van der Waals surface area contributed by atoms with E-state index in [1.54, 1.807) is 12.1 Å². The highest BCUT2D eigenvalue weighted by atomic mass is 35.5. The maximum absolute atomic E-state index is 13.7. The zero-order valence-electron chi connectivity index (χ0n) is 10.5. The van der Waals surface area contributed by atoms with Crippen molar-refractivity contribution in [3.05, 3.63) is 34.6 Å². The molecular formula is C14H18ClFO2. The number of hydrogen-bond acceptors (Lipinski definition) is 2. The lowest BCUT2D eigenvalue weighted by molar-refractivity contribution is -0.103. The number of benzene rings is 1. The zero-order valence-corrected chi connectivity index (χ0v) is 11.2.